The highest BCUT2D eigenvalue weighted by Gasteiger charge is 2.32. The highest BCUT2D eigenvalue weighted by Crippen LogP contribution is 2.22. The van der Waals surface area contributed by atoms with Crippen LogP contribution in [0.4, 0.5) is 8.78 Å². The second-order valence-corrected chi connectivity index (χ2v) is 11.8. The van der Waals surface area contributed by atoms with Crippen LogP contribution in [0, 0.1) is 11.6 Å². The van der Waals surface area contributed by atoms with Gasteiger partial charge < -0.3 is 4.90 Å². The molecule has 1 saturated heterocycles. The maximum absolute atomic E-state index is 13.9. The van der Waals surface area contributed by atoms with Gasteiger partial charge in [-0.2, -0.15) is 4.31 Å². The summed E-state index contributed by atoms with van der Waals surface area (Å²) >= 11 is 0. The van der Waals surface area contributed by atoms with Crippen molar-refractivity contribution in [3.05, 3.63) is 59.7 Å². The molecule has 0 aliphatic carbocycles. The molecule has 0 atom stereocenters. The third-order valence-electron chi connectivity index (χ3n) is 5.09. The molecule has 0 N–H and O–H groups in total. The number of amides is 1. The topological polar surface area (TPSA) is 91.8 Å². The monoisotopic (exact) mass is 472 g/mol. The summed E-state index contributed by atoms with van der Waals surface area (Å²) in [6, 6.07) is 7.86. The number of halogens is 2. The fourth-order valence-corrected chi connectivity index (χ4v) is 5.72. The molecule has 1 aliphatic rings. The molecule has 0 bridgehead atoms. The van der Waals surface area contributed by atoms with Gasteiger partial charge in [-0.1, -0.05) is 0 Å². The second-order valence-electron chi connectivity index (χ2n) is 7.39. The number of hydrogen-bond acceptors (Lipinski definition) is 5. The van der Waals surface area contributed by atoms with E-state index in [0.717, 1.165) is 16.4 Å². The second kappa shape index (κ2) is 8.64. The number of benzene rings is 2. The van der Waals surface area contributed by atoms with Crippen molar-refractivity contribution in [2.24, 2.45) is 0 Å². The number of hydrogen-bond donors (Lipinski definition) is 0. The Labute approximate surface area is 180 Å². The van der Waals surface area contributed by atoms with Crippen LogP contribution in [0.3, 0.4) is 0 Å². The fraction of sp³-hybridized carbons (Fsp3) is 0.350. The van der Waals surface area contributed by atoms with Gasteiger partial charge in [-0.25, -0.2) is 25.6 Å². The van der Waals surface area contributed by atoms with Crippen LogP contribution in [0.5, 0.6) is 0 Å². The van der Waals surface area contributed by atoms with E-state index in [1.54, 1.807) is 13.8 Å². The molecule has 3 rings (SSSR count). The molecule has 1 heterocycles. The Morgan fingerprint density at radius 1 is 0.903 bits per heavy atom. The third kappa shape index (κ3) is 4.63. The maximum atomic E-state index is 13.9. The Balaban J connectivity index is 1.70. The molecule has 1 amide bonds. The smallest absolute Gasteiger partial charge is 0.253 e. The molecule has 11 heteroatoms. The molecule has 0 radical (unpaired) electrons. The van der Waals surface area contributed by atoms with Gasteiger partial charge in [-0.05, 0) is 50.2 Å². The standard InChI is InChI=1S/C20H22F2N2O5S2/c1-14(2)30(26,27)17-6-3-15(4-7-17)20(25)23-9-11-24(12-10-23)31(28,29)19-8-5-16(21)13-18(19)22/h3-8,13-14H,9-12H2,1-2H3. The van der Waals surface area contributed by atoms with Crippen LogP contribution in [0.2, 0.25) is 0 Å². The number of sulfonamides is 1. The Bertz CT molecular complexity index is 1190. The number of piperazine rings is 1. The lowest BCUT2D eigenvalue weighted by Gasteiger charge is -2.34. The number of rotatable bonds is 5. The number of carbonyl (C=O) groups is 1. The third-order valence-corrected chi connectivity index (χ3v) is 9.19. The van der Waals surface area contributed by atoms with Gasteiger partial charge in [0.2, 0.25) is 10.0 Å². The predicted molar refractivity (Wildman–Crippen MR) is 110 cm³/mol. The summed E-state index contributed by atoms with van der Waals surface area (Å²) in [7, 11) is -7.62. The summed E-state index contributed by atoms with van der Waals surface area (Å²) in [6.07, 6.45) is 0. The largest absolute Gasteiger partial charge is 0.336 e. The van der Waals surface area contributed by atoms with E-state index in [1.807, 2.05) is 0 Å². The predicted octanol–water partition coefficient (Wildman–Crippen LogP) is 2.29. The first-order valence-corrected chi connectivity index (χ1v) is 12.5. The van der Waals surface area contributed by atoms with Crippen molar-refractivity contribution < 1.29 is 30.4 Å². The average molecular weight is 473 g/mol. The molecule has 7 nitrogen and oxygen atoms in total. The Morgan fingerprint density at radius 3 is 2.00 bits per heavy atom. The summed E-state index contributed by atoms with van der Waals surface area (Å²) in [4.78, 5) is 13.7. The zero-order chi connectivity index (χ0) is 23.0. The Hall–Kier alpha value is -2.37. The van der Waals surface area contributed by atoms with Crippen molar-refractivity contribution in [2.45, 2.75) is 28.9 Å². The fourth-order valence-electron chi connectivity index (χ4n) is 3.20. The van der Waals surface area contributed by atoms with Gasteiger partial charge in [0.15, 0.2) is 9.84 Å². The molecule has 0 spiro atoms. The summed E-state index contributed by atoms with van der Waals surface area (Å²) in [5.41, 5.74) is 0.281. The van der Waals surface area contributed by atoms with Crippen LogP contribution in [0.25, 0.3) is 0 Å². The van der Waals surface area contributed by atoms with Gasteiger partial charge in [0.25, 0.3) is 5.91 Å². The van der Waals surface area contributed by atoms with Gasteiger partial charge in [0, 0.05) is 37.8 Å². The molecule has 0 unspecified atom stereocenters. The zero-order valence-corrected chi connectivity index (χ0v) is 18.6. The van der Waals surface area contributed by atoms with E-state index in [1.165, 1.54) is 29.2 Å². The van der Waals surface area contributed by atoms with Crippen molar-refractivity contribution in [2.75, 3.05) is 26.2 Å². The van der Waals surface area contributed by atoms with Crippen LogP contribution < -0.4 is 0 Å². The molecule has 2 aromatic carbocycles. The van der Waals surface area contributed by atoms with Crippen molar-refractivity contribution >= 4 is 25.8 Å². The van der Waals surface area contributed by atoms with Gasteiger partial charge >= 0.3 is 0 Å². The summed E-state index contributed by atoms with van der Waals surface area (Å²) in [5.74, 6) is -2.41. The minimum atomic E-state index is -4.17. The molecular formula is C20H22F2N2O5S2. The summed E-state index contributed by atoms with van der Waals surface area (Å²) in [6.45, 7) is 3.19. The zero-order valence-electron chi connectivity index (χ0n) is 17.0. The minimum Gasteiger partial charge on any atom is -0.336 e. The van der Waals surface area contributed by atoms with E-state index in [-0.39, 0.29) is 42.5 Å². The van der Waals surface area contributed by atoms with E-state index in [9.17, 15) is 30.4 Å². The maximum Gasteiger partial charge on any atom is 0.253 e. The first-order chi connectivity index (χ1) is 14.4. The molecule has 1 fully saturated rings. The van der Waals surface area contributed by atoms with Crippen LogP contribution in [-0.2, 0) is 19.9 Å². The van der Waals surface area contributed by atoms with E-state index < -0.39 is 41.6 Å². The van der Waals surface area contributed by atoms with Crippen LogP contribution >= 0.6 is 0 Å². The van der Waals surface area contributed by atoms with Crippen LogP contribution in [0.1, 0.15) is 24.2 Å². The van der Waals surface area contributed by atoms with Crippen molar-refractivity contribution in [1.29, 1.82) is 0 Å². The van der Waals surface area contributed by atoms with E-state index in [0.29, 0.717) is 6.07 Å². The molecule has 168 valence electrons. The molecule has 0 aromatic heterocycles. The molecule has 31 heavy (non-hydrogen) atoms. The Morgan fingerprint density at radius 2 is 1.48 bits per heavy atom. The van der Waals surface area contributed by atoms with Crippen LogP contribution in [-0.4, -0.2) is 63.4 Å². The number of carbonyl (C=O) groups excluding carboxylic acids is 1. The minimum absolute atomic E-state index is 0.0509. The van der Waals surface area contributed by atoms with Crippen molar-refractivity contribution in [3.8, 4) is 0 Å². The van der Waals surface area contributed by atoms with Gasteiger partial charge in [-0.3, -0.25) is 4.79 Å². The van der Waals surface area contributed by atoms with Gasteiger partial charge in [-0.15, -0.1) is 0 Å². The first kappa shape index (κ1) is 23.3. The SMILES string of the molecule is CC(C)S(=O)(=O)c1ccc(C(=O)N2CCN(S(=O)(=O)c3ccc(F)cc3F)CC2)cc1. The summed E-state index contributed by atoms with van der Waals surface area (Å²) < 4.78 is 77.8. The normalized spacial score (nSPS) is 16.0. The highest BCUT2D eigenvalue weighted by molar-refractivity contribution is 7.92. The van der Waals surface area contributed by atoms with Gasteiger partial charge in [0.05, 0.1) is 10.1 Å². The average Bonchev–Trinajstić information content (AvgIpc) is 2.73. The lowest BCUT2D eigenvalue weighted by molar-refractivity contribution is 0.0697. The number of sulfone groups is 1. The molecular weight excluding hydrogens is 450 g/mol. The van der Waals surface area contributed by atoms with E-state index in [4.69, 9.17) is 0 Å². The number of nitrogens with zero attached hydrogens (tertiary/aromatic N) is 2. The molecule has 0 saturated carbocycles. The van der Waals surface area contributed by atoms with E-state index in [2.05, 4.69) is 0 Å². The first-order valence-electron chi connectivity index (χ1n) is 9.53. The van der Waals surface area contributed by atoms with Crippen molar-refractivity contribution in [3.63, 3.8) is 0 Å². The Kier molecular flexibility index (Phi) is 6.49. The van der Waals surface area contributed by atoms with Crippen LogP contribution in [0.15, 0.2) is 52.3 Å². The van der Waals surface area contributed by atoms with Gasteiger partial charge in [0.1, 0.15) is 16.5 Å². The van der Waals surface area contributed by atoms with Crippen molar-refractivity contribution in [1.82, 2.24) is 9.21 Å². The van der Waals surface area contributed by atoms with E-state index >= 15 is 0 Å². The lowest BCUT2D eigenvalue weighted by atomic mass is 10.2. The lowest BCUT2D eigenvalue weighted by Crippen LogP contribution is -2.50. The highest BCUT2D eigenvalue weighted by atomic mass is 32.2. The molecule has 2 aromatic rings. The molecule has 1 aliphatic heterocycles. The summed E-state index contributed by atoms with van der Waals surface area (Å²) in [5, 5.41) is -0.588. The quantitative estimate of drug-likeness (QED) is 0.666.